The van der Waals surface area contributed by atoms with Crippen LogP contribution in [0, 0.1) is 6.92 Å². The minimum Gasteiger partial charge on any atom is -0.324 e. The van der Waals surface area contributed by atoms with Crippen molar-refractivity contribution in [3.63, 3.8) is 0 Å². The molecule has 2 rings (SSSR count). The summed E-state index contributed by atoms with van der Waals surface area (Å²) in [5.74, 6) is -0.0578. The molecule has 1 aromatic carbocycles. The first-order valence-corrected chi connectivity index (χ1v) is 5.27. The van der Waals surface area contributed by atoms with Crippen molar-refractivity contribution in [1.82, 2.24) is 0 Å². The molecule has 1 aromatic rings. The summed E-state index contributed by atoms with van der Waals surface area (Å²) in [7, 11) is 0. The van der Waals surface area contributed by atoms with E-state index in [1.54, 1.807) is 0 Å². The molecule has 1 aliphatic rings. The zero-order valence-electron chi connectivity index (χ0n) is 9.32. The fourth-order valence-electron chi connectivity index (χ4n) is 1.68. The van der Waals surface area contributed by atoms with Gasteiger partial charge in [0.05, 0.1) is 5.54 Å². The maximum atomic E-state index is 11.8. The first-order valence-electron chi connectivity index (χ1n) is 5.27. The second-order valence-electron chi connectivity index (χ2n) is 4.33. The van der Waals surface area contributed by atoms with E-state index >= 15 is 0 Å². The van der Waals surface area contributed by atoms with Crippen molar-refractivity contribution in [2.45, 2.75) is 31.7 Å². The quantitative estimate of drug-likeness (QED) is 0.833. The van der Waals surface area contributed by atoms with Gasteiger partial charge in [-0.25, -0.2) is 0 Å². The number of nitrogens with one attached hydrogen (secondary N) is 1. The summed E-state index contributed by atoms with van der Waals surface area (Å²) in [6.07, 6.45) is 2.65. The Morgan fingerprint density at radius 1 is 1.31 bits per heavy atom. The fourth-order valence-corrected chi connectivity index (χ4v) is 1.68. The number of halogens is 1. The molecule has 0 bridgehead atoms. The van der Waals surface area contributed by atoms with E-state index in [0.29, 0.717) is 0 Å². The van der Waals surface area contributed by atoms with Gasteiger partial charge in [-0.15, -0.1) is 12.4 Å². The van der Waals surface area contributed by atoms with Crippen LogP contribution < -0.4 is 11.1 Å². The van der Waals surface area contributed by atoms with Crippen LogP contribution in [0.4, 0.5) is 5.69 Å². The Kier molecular flexibility index (Phi) is 3.94. The molecular weight excluding hydrogens is 224 g/mol. The molecule has 1 aliphatic carbocycles. The van der Waals surface area contributed by atoms with Crippen molar-refractivity contribution in [1.29, 1.82) is 0 Å². The third-order valence-corrected chi connectivity index (χ3v) is 3.01. The van der Waals surface area contributed by atoms with Gasteiger partial charge in [0.15, 0.2) is 0 Å². The summed E-state index contributed by atoms with van der Waals surface area (Å²) in [5.41, 5.74) is 7.29. The van der Waals surface area contributed by atoms with E-state index in [2.05, 4.69) is 5.32 Å². The number of anilines is 1. The largest absolute Gasteiger partial charge is 0.324 e. The van der Waals surface area contributed by atoms with Crippen molar-refractivity contribution in [3.05, 3.63) is 29.8 Å². The van der Waals surface area contributed by atoms with Gasteiger partial charge in [-0.3, -0.25) is 4.79 Å². The topological polar surface area (TPSA) is 55.1 Å². The van der Waals surface area contributed by atoms with Crippen LogP contribution in [0.25, 0.3) is 0 Å². The molecule has 0 heterocycles. The lowest BCUT2D eigenvalue weighted by Gasteiger charge is -2.36. The summed E-state index contributed by atoms with van der Waals surface area (Å²) >= 11 is 0. The molecule has 0 spiro atoms. The summed E-state index contributed by atoms with van der Waals surface area (Å²) < 4.78 is 0. The predicted octanol–water partition coefficient (Wildman–Crippen LogP) is 2.24. The Balaban J connectivity index is 0.00000128. The molecule has 1 amide bonds. The predicted molar refractivity (Wildman–Crippen MR) is 67.8 cm³/mol. The Morgan fingerprint density at radius 2 is 1.88 bits per heavy atom. The maximum absolute atomic E-state index is 11.8. The van der Waals surface area contributed by atoms with Crippen LogP contribution in [0.15, 0.2) is 24.3 Å². The Hall–Kier alpha value is -1.06. The second kappa shape index (κ2) is 4.85. The minimum atomic E-state index is -0.620. The number of hydrogen-bond donors (Lipinski definition) is 2. The Labute approximate surface area is 102 Å². The van der Waals surface area contributed by atoms with Gasteiger partial charge in [0.1, 0.15) is 0 Å². The van der Waals surface area contributed by atoms with Crippen LogP contribution in [0.5, 0.6) is 0 Å². The van der Waals surface area contributed by atoms with Crippen molar-refractivity contribution >= 4 is 24.0 Å². The van der Waals surface area contributed by atoms with Gasteiger partial charge < -0.3 is 11.1 Å². The molecule has 3 N–H and O–H groups in total. The average molecular weight is 241 g/mol. The van der Waals surface area contributed by atoms with E-state index in [1.165, 1.54) is 5.56 Å². The molecule has 1 saturated carbocycles. The first kappa shape index (κ1) is 13.0. The molecule has 4 heteroatoms. The molecule has 3 nitrogen and oxygen atoms in total. The van der Waals surface area contributed by atoms with Crippen molar-refractivity contribution < 1.29 is 4.79 Å². The number of nitrogens with two attached hydrogens (primary N) is 1. The molecule has 0 radical (unpaired) electrons. The zero-order chi connectivity index (χ0) is 10.9. The molecule has 88 valence electrons. The third kappa shape index (κ3) is 2.54. The molecule has 0 atom stereocenters. The van der Waals surface area contributed by atoms with E-state index in [-0.39, 0.29) is 18.3 Å². The van der Waals surface area contributed by atoms with Gasteiger partial charge in [0.2, 0.25) is 5.91 Å². The number of aryl methyl sites for hydroxylation is 1. The van der Waals surface area contributed by atoms with Crippen LogP contribution in [0.2, 0.25) is 0 Å². The zero-order valence-corrected chi connectivity index (χ0v) is 10.1. The van der Waals surface area contributed by atoms with Crippen LogP contribution >= 0.6 is 12.4 Å². The lowest BCUT2D eigenvalue weighted by molar-refractivity contribution is -0.123. The van der Waals surface area contributed by atoms with Gasteiger partial charge in [0, 0.05) is 5.69 Å². The van der Waals surface area contributed by atoms with E-state index in [0.717, 1.165) is 24.9 Å². The van der Waals surface area contributed by atoms with Crippen LogP contribution in [0.1, 0.15) is 24.8 Å². The van der Waals surface area contributed by atoms with Gasteiger partial charge in [-0.2, -0.15) is 0 Å². The van der Waals surface area contributed by atoms with E-state index in [4.69, 9.17) is 5.73 Å². The molecule has 16 heavy (non-hydrogen) atoms. The fraction of sp³-hybridized carbons (Fsp3) is 0.417. The number of carbonyl (C=O) groups excluding carboxylic acids is 1. The van der Waals surface area contributed by atoms with Crippen molar-refractivity contribution in [2.24, 2.45) is 5.73 Å². The second-order valence-corrected chi connectivity index (χ2v) is 4.33. The number of hydrogen-bond acceptors (Lipinski definition) is 2. The smallest absolute Gasteiger partial charge is 0.244 e. The van der Waals surface area contributed by atoms with Crippen molar-refractivity contribution in [2.75, 3.05) is 5.32 Å². The molecule has 1 fully saturated rings. The van der Waals surface area contributed by atoms with Crippen LogP contribution in [-0.2, 0) is 4.79 Å². The number of amides is 1. The summed E-state index contributed by atoms with van der Waals surface area (Å²) in [6, 6.07) is 7.74. The standard InChI is InChI=1S/C12H16N2O.ClH/c1-9-3-5-10(6-4-9)14-11(15)12(13)7-2-8-12;/h3-6H,2,7-8,13H2,1H3,(H,14,15);1H. The lowest BCUT2D eigenvalue weighted by Crippen LogP contribution is -2.56. The monoisotopic (exact) mass is 240 g/mol. The van der Waals surface area contributed by atoms with Gasteiger partial charge in [-0.1, -0.05) is 17.7 Å². The average Bonchev–Trinajstić information content (AvgIpc) is 2.18. The summed E-state index contributed by atoms with van der Waals surface area (Å²) in [4.78, 5) is 11.8. The molecular formula is C12H17ClN2O. The van der Waals surface area contributed by atoms with E-state index in [1.807, 2.05) is 31.2 Å². The number of rotatable bonds is 2. The Morgan fingerprint density at radius 3 is 2.31 bits per heavy atom. The minimum absolute atomic E-state index is 0. The molecule has 0 aromatic heterocycles. The lowest BCUT2D eigenvalue weighted by atomic mass is 9.77. The number of benzene rings is 1. The molecule has 0 unspecified atom stereocenters. The van der Waals surface area contributed by atoms with Gasteiger partial charge >= 0.3 is 0 Å². The van der Waals surface area contributed by atoms with E-state index in [9.17, 15) is 4.79 Å². The number of carbonyl (C=O) groups is 1. The summed E-state index contributed by atoms with van der Waals surface area (Å²) in [6.45, 7) is 2.02. The highest BCUT2D eigenvalue weighted by molar-refractivity contribution is 5.98. The van der Waals surface area contributed by atoms with E-state index < -0.39 is 5.54 Å². The van der Waals surface area contributed by atoms with Gasteiger partial charge in [0.25, 0.3) is 0 Å². The van der Waals surface area contributed by atoms with Gasteiger partial charge in [-0.05, 0) is 38.3 Å². The highest BCUT2D eigenvalue weighted by Crippen LogP contribution is 2.30. The highest BCUT2D eigenvalue weighted by Gasteiger charge is 2.39. The third-order valence-electron chi connectivity index (χ3n) is 3.01. The molecule has 0 saturated heterocycles. The maximum Gasteiger partial charge on any atom is 0.244 e. The van der Waals surface area contributed by atoms with Crippen LogP contribution in [-0.4, -0.2) is 11.4 Å². The van der Waals surface area contributed by atoms with Crippen molar-refractivity contribution in [3.8, 4) is 0 Å². The highest BCUT2D eigenvalue weighted by atomic mass is 35.5. The normalized spacial score (nSPS) is 16.9. The first-order chi connectivity index (χ1) is 7.10. The SMILES string of the molecule is Cc1ccc(NC(=O)C2(N)CCC2)cc1.Cl. The Bertz CT molecular complexity index is 371. The summed E-state index contributed by atoms with van der Waals surface area (Å²) in [5, 5.41) is 2.85. The van der Waals surface area contributed by atoms with Crippen LogP contribution in [0.3, 0.4) is 0 Å². The molecule has 0 aliphatic heterocycles.